The maximum atomic E-state index is 6.13. The average Bonchev–Trinajstić information content (AvgIpc) is 2.81. The predicted molar refractivity (Wildman–Crippen MR) is 140 cm³/mol. The molecule has 0 radical (unpaired) electrons. The zero-order chi connectivity index (χ0) is 24.9. The highest BCUT2D eigenvalue weighted by Gasteiger charge is 2.32. The van der Waals surface area contributed by atoms with Crippen LogP contribution in [-0.4, -0.2) is 58.2 Å². The van der Waals surface area contributed by atoms with Crippen molar-refractivity contribution in [1.29, 1.82) is 0 Å². The number of benzene rings is 1. The van der Waals surface area contributed by atoms with Gasteiger partial charge in [0.25, 0.3) is 0 Å². The van der Waals surface area contributed by atoms with Crippen LogP contribution in [0, 0.1) is 0 Å². The number of methoxy groups -OCH3 is 1. The molecule has 2 N–H and O–H groups in total. The number of rotatable bonds is 10. The van der Waals surface area contributed by atoms with Crippen LogP contribution in [0.3, 0.4) is 0 Å². The molecule has 1 aliphatic carbocycles. The van der Waals surface area contributed by atoms with Gasteiger partial charge in [0.2, 0.25) is 11.9 Å². The summed E-state index contributed by atoms with van der Waals surface area (Å²) in [4.78, 5) is 19.7. The van der Waals surface area contributed by atoms with Gasteiger partial charge in [-0.2, -0.15) is 4.98 Å². The minimum Gasteiger partial charge on any atom is -0.493 e. The first-order valence-electron chi connectivity index (χ1n) is 11.1. The molecule has 0 bridgehead atoms. The minimum absolute atomic E-state index is 0.196. The maximum Gasteiger partial charge on any atom is 0.229 e. The number of halogens is 1. The van der Waals surface area contributed by atoms with E-state index in [2.05, 4.69) is 62.7 Å². The standard InChI is InChI=1S/C25H28ClN7O2/c1-6-20-19(15(2)26)14-28-25(30-20)32-23-9-10-27-24(31-23)29-16-7-8-21(22(11-16)34-5)35-18-12-17(13-18)33(3)4/h6-11,14,17-18H,1-2,12-13H2,3-5H3,(H2,27,28,29,30,31,32). The Morgan fingerprint density at radius 3 is 2.57 bits per heavy atom. The highest BCUT2D eigenvalue weighted by Crippen LogP contribution is 2.36. The highest BCUT2D eigenvalue weighted by molar-refractivity contribution is 6.48. The molecule has 2 heterocycles. The van der Waals surface area contributed by atoms with Crippen molar-refractivity contribution in [2.45, 2.75) is 25.0 Å². The third kappa shape index (κ3) is 5.87. The second-order valence-electron chi connectivity index (χ2n) is 8.31. The SMILES string of the molecule is C=Cc1nc(Nc2ccnc(Nc3ccc(OC4CC(N(C)C)C4)c(OC)c3)n2)ncc1C(=C)Cl. The Labute approximate surface area is 209 Å². The Morgan fingerprint density at radius 1 is 1.11 bits per heavy atom. The third-order valence-electron chi connectivity index (χ3n) is 5.71. The fourth-order valence-electron chi connectivity index (χ4n) is 3.63. The van der Waals surface area contributed by atoms with Gasteiger partial charge in [0.1, 0.15) is 11.9 Å². The lowest BCUT2D eigenvalue weighted by molar-refractivity contribution is 0.0383. The van der Waals surface area contributed by atoms with Crippen LogP contribution in [-0.2, 0) is 0 Å². The normalized spacial score (nSPS) is 16.8. The molecule has 1 fully saturated rings. The molecule has 35 heavy (non-hydrogen) atoms. The van der Waals surface area contributed by atoms with Gasteiger partial charge in [-0.15, -0.1) is 0 Å². The van der Waals surface area contributed by atoms with Crippen molar-refractivity contribution < 1.29 is 9.47 Å². The van der Waals surface area contributed by atoms with Crippen molar-refractivity contribution in [1.82, 2.24) is 24.8 Å². The summed E-state index contributed by atoms with van der Waals surface area (Å²) in [6.07, 6.45) is 7.02. The summed E-state index contributed by atoms with van der Waals surface area (Å²) in [6, 6.07) is 7.94. The molecular weight excluding hydrogens is 466 g/mol. The van der Waals surface area contributed by atoms with E-state index in [4.69, 9.17) is 21.1 Å². The Kier molecular flexibility index (Phi) is 7.48. The van der Waals surface area contributed by atoms with E-state index in [-0.39, 0.29) is 6.10 Å². The second kappa shape index (κ2) is 10.7. The van der Waals surface area contributed by atoms with Gasteiger partial charge in [0.15, 0.2) is 11.5 Å². The topological polar surface area (TPSA) is 97.3 Å². The van der Waals surface area contributed by atoms with E-state index < -0.39 is 0 Å². The van der Waals surface area contributed by atoms with E-state index in [9.17, 15) is 0 Å². The lowest BCUT2D eigenvalue weighted by Crippen LogP contribution is -2.46. The van der Waals surface area contributed by atoms with E-state index in [1.165, 1.54) is 0 Å². The van der Waals surface area contributed by atoms with Crippen LogP contribution in [0.15, 0.2) is 49.8 Å². The van der Waals surface area contributed by atoms with Crippen LogP contribution in [0.5, 0.6) is 11.5 Å². The highest BCUT2D eigenvalue weighted by atomic mass is 35.5. The summed E-state index contributed by atoms with van der Waals surface area (Å²) in [5, 5.41) is 6.60. The Hall–Kier alpha value is -3.69. The van der Waals surface area contributed by atoms with Crippen LogP contribution in [0.2, 0.25) is 0 Å². The molecule has 0 atom stereocenters. The van der Waals surface area contributed by atoms with Gasteiger partial charge < -0.3 is 25.0 Å². The largest absolute Gasteiger partial charge is 0.493 e. The molecule has 1 aromatic carbocycles. The van der Waals surface area contributed by atoms with Crippen LogP contribution < -0.4 is 20.1 Å². The molecule has 0 saturated heterocycles. The summed E-state index contributed by atoms with van der Waals surface area (Å²) in [7, 11) is 5.81. The summed E-state index contributed by atoms with van der Waals surface area (Å²) in [6.45, 7) is 7.48. The molecular formula is C25H28ClN7O2. The average molecular weight is 494 g/mol. The fraction of sp³-hybridized carbons (Fsp3) is 0.280. The molecule has 182 valence electrons. The number of ether oxygens (including phenoxy) is 2. The molecule has 4 rings (SSSR count). The number of nitrogens with zero attached hydrogens (tertiary/aromatic N) is 5. The van der Waals surface area contributed by atoms with Crippen molar-refractivity contribution in [3.05, 3.63) is 61.1 Å². The van der Waals surface area contributed by atoms with Crippen molar-refractivity contribution in [3.8, 4) is 11.5 Å². The Balaban J connectivity index is 1.44. The van der Waals surface area contributed by atoms with E-state index >= 15 is 0 Å². The van der Waals surface area contributed by atoms with Gasteiger partial charge >= 0.3 is 0 Å². The molecule has 1 saturated carbocycles. The smallest absolute Gasteiger partial charge is 0.229 e. The molecule has 0 spiro atoms. The van der Waals surface area contributed by atoms with E-state index in [0.717, 1.165) is 24.3 Å². The van der Waals surface area contributed by atoms with E-state index in [0.29, 0.717) is 45.8 Å². The first kappa shape index (κ1) is 24.4. The molecule has 0 aliphatic heterocycles. The fourth-order valence-corrected chi connectivity index (χ4v) is 3.78. The lowest BCUT2D eigenvalue weighted by Gasteiger charge is -2.39. The van der Waals surface area contributed by atoms with Crippen molar-refractivity contribution in [2.24, 2.45) is 0 Å². The molecule has 3 aromatic rings. The molecule has 1 aliphatic rings. The Bertz CT molecular complexity index is 1230. The Morgan fingerprint density at radius 2 is 1.89 bits per heavy atom. The molecule has 0 unspecified atom stereocenters. The zero-order valence-electron chi connectivity index (χ0n) is 20.0. The van der Waals surface area contributed by atoms with Gasteiger partial charge in [-0.25, -0.2) is 15.0 Å². The van der Waals surface area contributed by atoms with Gasteiger partial charge in [-0.1, -0.05) is 24.8 Å². The lowest BCUT2D eigenvalue weighted by atomic mass is 9.88. The molecule has 9 nitrogen and oxygen atoms in total. The van der Waals surface area contributed by atoms with Crippen LogP contribution in [0.4, 0.5) is 23.4 Å². The summed E-state index contributed by atoms with van der Waals surface area (Å²) >= 11 is 5.99. The van der Waals surface area contributed by atoms with Crippen LogP contribution >= 0.6 is 11.6 Å². The van der Waals surface area contributed by atoms with Crippen molar-refractivity contribution in [2.75, 3.05) is 31.8 Å². The summed E-state index contributed by atoms with van der Waals surface area (Å²) in [5.41, 5.74) is 1.96. The first-order chi connectivity index (χ1) is 16.9. The molecule has 0 amide bonds. The molecule has 10 heteroatoms. The number of anilines is 4. The third-order valence-corrected chi connectivity index (χ3v) is 5.92. The maximum absolute atomic E-state index is 6.13. The summed E-state index contributed by atoms with van der Waals surface area (Å²) < 4.78 is 11.7. The molecule has 2 aromatic heterocycles. The number of hydrogen-bond donors (Lipinski definition) is 2. The van der Waals surface area contributed by atoms with E-state index in [1.807, 2.05) is 18.2 Å². The van der Waals surface area contributed by atoms with Gasteiger partial charge in [0.05, 0.1) is 12.8 Å². The quantitative estimate of drug-likeness (QED) is 0.400. The van der Waals surface area contributed by atoms with Crippen molar-refractivity contribution >= 4 is 46.1 Å². The second-order valence-corrected chi connectivity index (χ2v) is 8.77. The predicted octanol–water partition coefficient (Wildman–Crippen LogP) is 5.09. The monoisotopic (exact) mass is 493 g/mol. The van der Waals surface area contributed by atoms with Gasteiger partial charge in [0, 0.05) is 40.8 Å². The minimum atomic E-state index is 0.196. The van der Waals surface area contributed by atoms with Gasteiger partial charge in [-0.05, 0) is 51.2 Å². The van der Waals surface area contributed by atoms with Gasteiger partial charge in [-0.3, -0.25) is 0 Å². The number of hydrogen-bond acceptors (Lipinski definition) is 9. The zero-order valence-corrected chi connectivity index (χ0v) is 20.7. The van der Waals surface area contributed by atoms with Crippen molar-refractivity contribution in [3.63, 3.8) is 0 Å². The number of nitrogens with one attached hydrogen (secondary N) is 2. The summed E-state index contributed by atoms with van der Waals surface area (Å²) in [5.74, 6) is 2.62. The number of aromatic nitrogens is 4. The van der Waals surface area contributed by atoms with E-state index in [1.54, 1.807) is 31.6 Å². The van der Waals surface area contributed by atoms with Crippen LogP contribution in [0.25, 0.3) is 11.1 Å². The van der Waals surface area contributed by atoms with Crippen LogP contribution in [0.1, 0.15) is 24.1 Å². The first-order valence-corrected chi connectivity index (χ1v) is 11.5.